The summed E-state index contributed by atoms with van der Waals surface area (Å²) in [7, 11) is 0. The van der Waals surface area contributed by atoms with E-state index in [0.717, 1.165) is 31.5 Å². The zero-order valence-electron chi connectivity index (χ0n) is 15.9. The number of benzene rings is 1. The minimum atomic E-state index is -0.459. The predicted molar refractivity (Wildman–Crippen MR) is 105 cm³/mol. The summed E-state index contributed by atoms with van der Waals surface area (Å²) >= 11 is 0. The van der Waals surface area contributed by atoms with Crippen molar-refractivity contribution in [3.05, 3.63) is 29.8 Å². The summed E-state index contributed by atoms with van der Waals surface area (Å²) in [4.78, 5) is 28.6. The Morgan fingerprint density at radius 1 is 1.04 bits per heavy atom. The highest BCUT2D eigenvalue weighted by atomic mass is 16.2. The van der Waals surface area contributed by atoms with Gasteiger partial charge in [-0.25, -0.2) is 0 Å². The van der Waals surface area contributed by atoms with Crippen molar-refractivity contribution in [2.75, 3.05) is 38.0 Å². The molecule has 0 radical (unpaired) electrons. The third kappa shape index (κ3) is 4.87. The van der Waals surface area contributed by atoms with Gasteiger partial charge in [0.2, 0.25) is 11.8 Å². The molecule has 0 unspecified atom stereocenters. The standard InChI is InChI=1S/C21H30N4O2/c22-21(27)17-4-6-18(7-5-17)23-20(26)9-10-24-11-16-3-8-19(14-24)25(13-16)12-15-1-2-15/h4-7,15-16,19H,1-3,8-14H2,(H2,22,27)(H,23,26)/t16-,19+/m0/s1. The number of nitrogens with one attached hydrogen (secondary N) is 1. The molecular formula is C21H30N4O2. The van der Waals surface area contributed by atoms with Gasteiger partial charge in [0.05, 0.1) is 0 Å². The first kappa shape index (κ1) is 18.4. The molecule has 2 amide bonds. The lowest BCUT2D eigenvalue weighted by Gasteiger charge is -2.36. The number of carbonyl (C=O) groups is 2. The van der Waals surface area contributed by atoms with E-state index in [1.54, 1.807) is 24.3 Å². The van der Waals surface area contributed by atoms with E-state index in [1.807, 2.05) is 0 Å². The van der Waals surface area contributed by atoms with E-state index >= 15 is 0 Å². The minimum Gasteiger partial charge on any atom is -0.366 e. The number of hydrogen-bond acceptors (Lipinski definition) is 4. The number of rotatable bonds is 7. The molecule has 1 saturated carbocycles. The lowest BCUT2D eigenvalue weighted by Crippen LogP contribution is -2.44. The second kappa shape index (κ2) is 7.98. The largest absolute Gasteiger partial charge is 0.366 e. The van der Waals surface area contributed by atoms with Gasteiger partial charge in [-0.2, -0.15) is 0 Å². The monoisotopic (exact) mass is 370 g/mol. The van der Waals surface area contributed by atoms with Crippen LogP contribution in [0, 0.1) is 11.8 Å². The van der Waals surface area contributed by atoms with Crippen molar-refractivity contribution in [2.24, 2.45) is 17.6 Å². The zero-order valence-corrected chi connectivity index (χ0v) is 15.9. The van der Waals surface area contributed by atoms with Crippen molar-refractivity contribution in [3.63, 3.8) is 0 Å². The summed E-state index contributed by atoms with van der Waals surface area (Å²) in [6.45, 7) is 5.57. The normalized spacial score (nSPS) is 25.9. The van der Waals surface area contributed by atoms with Crippen LogP contribution < -0.4 is 11.1 Å². The number of anilines is 1. The number of nitrogens with zero attached hydrogens (tertiary/aromatic N) is 2. The first-order valence-corrected chi connectivity index (χ1v) is 10.2. The molecule has 3 saturated heterocycles. The average molecular weight is 370 g/mol. The Kier molecular flexibility index (Phi) is 5.45. The number of amides is 2. The van der Waals surface area contributed by atoms with E-state index < -0.39 is 5.91 Å². The molecule has 6 nitrogen and oxygen atoms in total. The molecule has 5 rings (SSSR count). The Balaban J connectivity index is 1.25. The van der Waals surface area contributed by atoms with Crippen LogP contribution in [0.5, 0.6) is 0 Å². The van der Waals surface area contributed by atoms with Crippen molar-refractivity contribution in [1.82, 2.24) is 9.80 Å². The highest BCUT2D eigenvalue weighted by molar-refractivity contribution is 5.94. The van der Waals surface area contributed by atoms with E-state index in [9.17, 15) is 9.59 Å². The SMILES string of the molecule is NC(=O)c1ccc(NC(=O)CCN2C[C@@H]3CC[C@H](C2)N(CC2CC2)C3)cc1. The summed E-state index contributed by atoms with van der Waals surface area (Å²) in [6, 6.07) is 7.39. The molecule has 1 aromatic carbocycles. The maximum absolute atomic E-state index is 12.3. The third-order valence-corrected chi connectivity index (χ3v) is 6.20. The maximum Gasteiger partial charge on any atom is 0.248 e. The topological polar surface area (TPSA) is 78.7 Å². The summed E-state index contributed by atoms with van der Waals surface area (Å²) in [6.07, 6.45) is 5.98. The lowest BCUT2D eigenvalue weighted by atomic mass is 9.95. The fraction of sp³-hybridized carbons (Fsp3) is 0.619. The van der Waals surface area contributed by atoms with Gasteiger partial charge in [-0.15, -0.1) is 0 Å². The number of primary amides is 1. The van der Waals surface area contributed by atoms with Crippen LogP contribution in [0.25, 0.3) is 0 Å². The second-order valence-electron chi connectivity index (χ2n) is 8.49. The Labute approximate surface area is 161 Å². The van der Waals surface area contributed by atoms with Gasteiger partial charge in [-0.05, 0) is 61.8 Å². The molecule has 2 bridgehead atoms. The maximum atomic E-state index is 12.3. The average Bonchev–Trinajstić information content (AvgIpc) is 3.48. The van der Waals surface area contributed by atoms with E-state index in [1.165, 1.54) is 38.8 Å². The highest BCUT2D eigenvalue weighted by Gasteiger charge is 2.37. The van der Waals surface area contributed by atoms with Crippen LogP contribution in [0.3, 0.4) is 0 Å². The van der Waals surface area contributed by atoms with E-state index in [4.69, 9.17) is 5.73 Å². The molecule has 4 aliphatic rings. The van der Waals surface area contributed by atoms with E-state index in [0.29, 0.717) is 23.7 Å². The summed E-state index contributed by atoms with van der Waals surface area (Å²) < 4.78 is 0. The van der Waals surface area contributed by atoms with E-state index in [-0.39, 0.29) is 5.91 Å². The molecule has 4 fully saturated rings. The number of carbonyl (C=O) groups excluding carboxylic acids is 2. The highest BCUT2D eigenvalue weighted by Crippen LogP contribution is 2.34. The van der Waals surface area contributed by atoms with Crippen LogP contribution in [0.1, 0.15) is 42.5 Å². The Bertz CT molecular complexity index is 686. The van der Waals surface area contributed by atoms with Crippen molar-refractivity contribution in [2.45, 2.75) is 38.1 Å². The predicted octanol–water partition coefficient (Wildman–Crippen LogP) is 1.92. The number of fused-ring (bicyclic) bond motifs is 4. The van der Waals surface area contributed by atoms with Crippen LogP contribution in [0.15, 0.2) is 24.3 Å². The van der Waals surface area contributed by atoms with Crippen LogP contribution in [-0.2, 0) is 4.79 Å². The first-order chi connectivity index (χ1) is 13.1. The summed E-state index contributed by atoms with van der Waals surface area (Å²) in [5.74, 6) is 1.27. The molecule has 1 aliphatic carbocycles. The minimum absolute atomic E-state index is 0.0215. The number of piperidine rings is 1. The van der Waals surface area contributed by atoms with Gasteiger partial charge in [-0.1, -0.05) is 0 Å². The van der Waals surface area contributed by atoms with Crippen molar-refractivity contribution in [3.8, 4) is 0 Å². The van der Waals surface area contributed by atoms with Gasteiger partial charge in [-0.3, -0.25) is 14.5 Å². The number of nitrogens with two attached hydrogens (primary N) is 1. The molecule has 6 heteroatoms. The second-order valence-corrected chi connectivity index (χ2v) is 8.49. The van der Waals surface area contributed by atoms with Gasteiger partial charge >= 0.3 is 0 Å². The molecule has 3 heterocycles. The van der Waals surface area contributed by atoms with Crippen molar-refractivity contribution in [1.29, 1.82) is 0 Å². The molecule has 1 aromatic rings. The fourth-order valence-corrected chi connectivity index (χ4v) is 4.52. The third-order valence-electron chi connectivity index (χ3n) is 6.20. The Hall–Kier alpha value is -1.92. The lowest BCUT2D eigenvalue weighted by molar-refractivity contribution is -0.116. The van der Waals surface area contributed by atoms with Crippen LogP contribution in [0.2, 0.25) is 0 Å². The molecule has 0 aromatic heterocycles. The molecule has 2 atom stereocenters. The van der Waals surface area contributed by atoms with Gasteiger partial charge in [0.15, 0.2) is 0 Å². The molecule has 0 spiro atoms. The van der Waals surface area contributed by atoms with Crippen LogP contribution in [-0.4, -0.2) is 60.4 Å². The molecule has 146 valence electrons. The summed E-state index contributed by atoms with van der Waals surface area (Å²) in [5.41, 5.74) is 6.39. The molecule has 3 N–H and O–H groups in total. The smallest absolute Gasteiger partial charge is 0.248 e. The van der Waals surface area contributed by atoms with Gasteiger partial charge in [0, 0.05) is 56.4 Å². The van der Waals surface area contributed by atoms with Crippen molar-refractivity contribution >= 4 is 17.5 Å². The molecule has 27 heavy (non-hydrogen) atoms. The van der Waals surface area contributed by atoms with Gasteiger partial charge < -0.3 is 16.0 Å². The number of hydrogen-bond donors (Lipinski definition) is 2. The quantitative estimate of drug-likeness (QED) is 0.769. The van der Waals surface area contributed by atoms with Gasteiger partial charge in [0.1, 0.15) is 0 Å². The van der Waals surface area contributed by atoms with Crippen LogP contribution >= 0.6 is 0 Å². The van der Waals surface area contributed by atoms with Crippen molar-refractivity contribution < 1.29 is 9.59 Å². The van der Waals surface area contributed by atoms with E-state index in [2.05, 4.69) is 15.1 Å². The Morgan fingerprint density at radius 2 is 1.81 bits per heavy atom. The molecule has 3 aliphatic heterocycles. The molecular weight excluding hydrogens is 340 g/mol. The Morgan fingerprint density at radius 3 is 2.52 bits per heavy atom. The first-order valence-electron chi connectivity index (χ1n) is 10.2. The van der Waals surface area contributed by atoms with Crippen LogP contribution in [0.4, 0.5) is 5.69 Å². The van der Waals surface area contributed by atoms with Gasteiger partial charge in [0.25, 0.3) is 0 Å². The zero-order chi connectivity index (χ0) is 18.8. The fourth-order valence-electron chi connectivity index (χ4n) is 4.52. The summed E-state index contributed by atoms with van der Waals surface area (Å²) in [5, 5.41) is 2.92.